The van der Waals surface area contributed by atoms with Gasteiger partial charge in [0.2, 0.25) is 11.7 Å². The molecule has 0 bridgehead atoms. The van der Waals surface area contributed by atoms with Crippen LogP contribution in [0, 0.1) is 0 Å². The van der Waals surface area contributed by atoms with Gasteiger partial charge in [0.15, 0.2) is 6.29 Å². The third-order valence-corrected chi connectivity index (χ3v) is 7.14. The number of fused-ring (bicyclic) bond motifs is 1. The van der Waals surface area contributed by atoms with Gasteiger partial charge in [0, 0.05) is 48.5 Å². The molecule has 7 nitrogen and oxygen atoms in total. The van der Waals surface area contributed by atoms with Crippen LogP contribution in [0.2, 0.25) is 5.15 Å². The Morgan fingerprint density at radius 1 is 1.18 bits per heavy atom. The second-order valence-electron chi connectivity index (χ2n) is 10.1. The maximum absolute atomic E-state index is 12.8. The predicted molar refractivity (Wildman–Crippen MR) is 129 cm³/mol. The number of carbonyl (C=O) groups is 3. The largest absolute Gasteiger partial charge is 0.346 e. The van der Waals surface area contributed by atoms with Gasteiger partial charge in [-0.25, -0.2) is 4.98 Å². The highest BCUT2D eigenvalue weighted by Gasteiger charge is 2.50. The summed E-state index contributed by atoms with van der Waals surface area (Å²) in [6.45, 7) is 11.3. The van der Waals surface area contributed by atoms with Crippen molar-refractivity contribution in [1.29, 1.82) is 0 Å². The number of aldehydes is 1. The molecule has 0 spiro atoms. The highest BCUT2D eigenvalue weighted by atomic mass is 35.5. The third-order valence-electron chi connectivity index (χ3n) is 6.94. The normalized spacial score (nSPS) is 21.2. The van der Waals surface area contributed by atoms with E-state index in [1.807, 2.05) is 43.0 Å². The number of pyridine rings is 1. The smallest absolute Gasteiger partial charge is 0.223 e. The third kappa shape index (κ3) is 4.04. The number of carbonyl (C=O) groups excluding carboxylic acids is 3. The van der Waals surface area contributed by atoms with Gasteiger partial charge in [-0.05, 0) is 49.2 Å². The van der Waals surface area contributed by atoms with E-state index >= 15 is 0 Å². The van der Waals surface area contributed by atoms with E-state index in [4.69, 9.17) is 11.6 Å². The van der Waals surface area contributed by atoms with E-state index in [1.165, 1.54) is 0 Å². The number of anilines is 2. The number of benzene rings is 1. The van der Waals surface area contributed by atoms with E-state index in [0.717, 1.165) is 22.5 Å². The number of hydrogen-bond donors (Lipinski definition) is 0. The first-order chi connectivity index (χ1) is 15.5. The molecule has 8 heteroatoms. The number of Topliss-reactive ketones (excluding diaryl/α,β-unsaturated/α-hetero) is 1. The Balaban J connectivity index is 1.74. The Morgan fingerprint density at radius 2 is 1.91 bits per heavy atom. The van der Waals surface area contributed by atoms with E-state index in [9.17, 15) is 14.4 Å². The van der Waals surface area contributed by atoms with Crippen molar-refractivity contribution < 1.29 is 14.4 Å². The van der Waals surface area contributed by atoms with Crippen molar-refractivity contribution in [2.24, 2.45) is 0 Å². The first-order valence-electron chi connectivity index (χ1n) is 11.0. The molecule has 1 fully saturated rings. The van der Waals surface area contributed by atoms with Crippen molar-refractivity contribution >= 4 is 41.0 Å². The van der Waals surface area contributed by atoms with Gasteiger partial charge in [0.25, 0.3) is 0 Å². The second kappa shape index (κ2) is 8.22. The standard InChI is InChI=1S/C25H29ClN4O3/c1-16(32)29-14-24(2,3)19-7-6-18(11-20(19)29)30-15-28(12-17-8-9-27-22(26)10-17)25(4,5)23(30)21(33)13-31/h6-11,13,23H,12,14-15H2,1-5H3. The Labute approximate surface area is 199 Å². The highest BCUT2D eigenvalue weighted by molar-refractivity contribution is 6.29. The zero-order chi connectivity index (χ0) is 24.1. The number of aromatic nitrogens is 1. The van der Waals surface area contributed by atoms with Crippen molar-refractivity contribution in [3.8, 4) is 0 Å². The van der Waals surface area contributed by atoms with Gasteiger partial charge < -0.3 is 9.80 Å². The lowest BCUT2D eigenvalue weighted by atomic mass is 9.86. The molecule has 174 valence electrons. The molecule has 0 radical (unpaired) electrons. The molecule has 1 atom stereocenters. The van der Waals surface area contributed by atoms with Crippen molar-refractivity contribution in [3.63, 3.8) is 0 Å². The van der Waals surface area contributed by atoms with Gasteiger partial charge in [-0.2, -0.15) is 0 Å². The molecule has 4 rings (SSSR count). The molecule has 33 heavy (non-hydrogen) atoms. The quantitative estimate of drug-likeness (QED) is 0.379. The summed E-state index contributed by atoms with van der Waals surface area (Å²) in [6.07, 6.45) is 2.07. The zero-order valence-electron chi connectivity index (χ0n) is 19.6. The minimum Gasteiger partial charge on any atom is -0.346 e. The van der Waals surface area contributed by atoms with Crippen molar-refractivity contribution in [2.45, 2.75) is 58.2 Å². The van der Waals surface area contributed by atoms with Gasteiger partial charge in [-0.1, -0.05) is 31.5 Å². The number of hydrogen-bond acceptors (Lipinski definition) is 6. The molecule has 1 unspecified atom stereocenters. The zero-order valence-corrected chi connectivity index (χ0v) is 20.4. The lowest BCUT2D eigenvalue weighted by Gasteiger charge is -2.34. The van der Waals surface area contributed by atoms with Crippen LogP contribution >= 0.6 is 11.6 Å². The van der Waals surface area contributed by atoms with Gasteiger partial charge in [-0.3, -0.25) is 19.3 Å². The van der Waals surface area contributed by atoms with E-state index in [-0.39, 0.29) is 11.3 Å². The fourth-order valence-electron chi connectivity index (χ4n) is 5.15. The fourth-order valence-corrected chi connectivity index (χ4v) is 5.35. The summed E-state index contributed by atoms with van der Waals surface area (Å²) < 4.78 is 0. The molecule has 1 aromatic carbocycles. The van der Waals surface area contributed by atoms with Crippen LogP contribution in [0.4, 0.5) is 11.4 Å². The van der Waals surface area contributed by atoms with Crippen LogP contribution in [0.15, 0.2) is 36.5 Å². The van der Waals surface area contributed by atoms with E-state index in [1.54, 1.807) is 24.1 Å². The van der Waals surface area contributed by atoms with Gasteiger partial charge in [0.05, 0.1) is 6.67 Å². The fraction of sp³-hybridized carbons (Fsp3) is 0.440. The first kappa shape index (κ1) is 23.4. The Morgan fingerprint density at radius 3 is 2.55 bits per heavy atom. The molecule has 1 amide bonds. The molecule has 2 aliphatic rings. The van der Waals surface area contributed by atoms with E-state index in [2.05, 4.69) is 23.7 Å². The Kier molecular flexibility index (Phi) is 5.83. The molecular formula is C25H29ClN4O3. The molecule has 2 aliphatic heterocycles. The van der Waals surface area contributed by atoms with Crippen LogP contribution in [-0.2, 0) is 26.3 Å². The van der Waals surface area contributed by atoms with Crippen LogP contribution in [0.5, 0.6) is 0 Å². The maximum atomic E-state index is 12.8. The van der Waals surface area contributed by atoms with Crippen molar-refractivity contribution in [1.82, 2.24) is 9.88 Å². The number of amides is 1. The number of rotatable bonds is 5. The molecule has 1 aromatic heterocycles. The molecule has 0 saturated carbocycles. The lowest BCUT2D eigenvalue weighted by molar-refractivity contribution is -0.131. The second-order valence-corrected chi connectivity index (χ2v) is 10.5. The maximum Gasteiger partial charge on any atom is 0.223 e. The molecular weight excluding hydrogens is 440 g/mol. The summed E-state index contributed by atoms with van der Waals surface area (Å²) in [6, 6.07) is 9.03. The van der Waals surface area contributed by atoms with Crippen LogP contribution in [0.25, 0.3) is 0 Å². The topological polar surface area (TPSA) is 73.8 Å². The molecule has 3 heterocycles. The summed E-state index contributed by atoms with van der Waals surface area (Å²) in [5.74, 6) is -0.489. The number of ketones is 1. The highest BCUT2D eigenvalue weighted by Crippen LogP contribution is 2.44. The van der Waals surface area contributed by atoms with Crippen LogP contribution in [0.1, 0.15) is 45.7 Å². The summed E-state index contributed by atoms with van der Waals surface area (Å²) in [7, 11) is 0. The SMILES string of the molecule is CC(=O)N1CC(C)(C)c2ccc(N3CN(Cc4ccnc(Cl)c4)C(C)(C)C3C(=O)C=O)cc21. The van der Waals surface area contributed by atoms with E-state index in [0.29, 0.717) is 31.2 Å². The minimum atomic E-state index is -0.662. The van der Waals surface area contributed by atoms with Gasteiger partial charge in [0.1, 0.15) is 11.2 Å². The van der Waals surface area contributed by atoms with E-state index < -0.39 is 17.4 Å². The minimum absolute atomic E-state index is 0.0163. The van der Waals surface area contributed by atoms with Crippen LogP contribution < -0.4 is 9.80 Å². The summed E-state index contributed by atoms with van der Waals surface area (Å²) in [5, 5.41) is 0.410. The first-order valence-corrected chi connectivity index (χ1v) is 11.4. The summed E-state index contributed by atoms with van der Waals surface area (Å²) in [5.41, 5.74) is 2.96. The lowest BCUT2D eigenvalue weighted by Crippen LogP contribution is -2.51. The number of halogens is 1. The molecule has 0 N–H and O–H groups in total. The average molecular weight is 469 g/mol. The van der Waals surface area contributed by atoms with Crippen LogP contribution in [-0.4, -0.2) is 52.7 Å². The molecule has 0 aliphatic carbocycles. The van der Waals surface area contributed by atoms with Gasteiger partial charge in [-0.15, -0.1) is 0 Å². The Hall–Kier alpha value is -2.77. The van der Waals surface area contributed by atoms with Crippen LogP contribution in [0.3, 0.4) is 0 Å². The molecule has 1 saturated heterocycles. The summed E-state index contributed by atoms with van der Waals surface area (Å²) in [4.78, 5) is 46.7. The molecule has 2 aromatic rings. The Bertz CT molecular complexity index is 1130. The monoisotopic (exact) mass is 468 g/mol. The van der Waals surface area contributed by atoms with Crippen molar-refractivity contribution in [2.75, 3.05) is 23.0 Å². The predicted octanol–water partition coefficient (Wildman–Crippen LogP) is 3.57. The average Bonchev–Trinajstić information content (AvgIpc) is 3.17. The van der Waals surface area contributed by atoms with Crippen molar-refractivity contribution in [3.05, 3.63) is 52.8 Å². The summed E-state index contributed by atoms with van der Waals surface area (Å²) >= 11 is 6.07. The number of nitrogens with zero attached hydrogens (tertiary/aromatic N) is 4. The van der Waals surface area contributed by atoms with Gasteiger partial charge >= 0.3 is 0 Å².